The zero-order chi connectivity index (χ0) is 11.5. The summed E-state index contributed by atoms with van der Waals surface area (Å²) in [6, 6.07) is 0. The first-order valence-corrected chi connectivity index (χ1v) is 6.09. The Bertz CT molecular complexity index is 128. The van der Waals surface area contributed by atoms with E-state index in [1.54, 1.807) is 0 Å². The molecule has 0 radical (unpaired) electrons. The van der Waals surface area contributed by atoms with Crippen LogP contribution in [0.4, 0.5) is 0 Å². The van der Waals surface area contributed by atoms with Gasteiger partial charge in [-0.05, 0) is 19.3 Å². The molecule has 0 aliphatic rings. The summed E-state index contributed by atoms with van der Waals surface area (Å²) in [6.07, 6.45) is 2.56. The van der Waals surface area contributed by atoms with Gasteiger partial charge in [-0.1, -0.05) is 20.8 Å². The van der Waals surface area contributed by atoms with Crippen LogP contribution >= 0.6 is 0 Å². The van der Waals surface area contributed by atoms with Crippen molar-refractivity contribution in [2.45, 2.75) is 46.1 Å². The Kier molecular flexibility index (Phi) is 10.3. The van der Waals surface area contributed by atoms with Crippen LogP contribution in [0.25, 0.3) is 0 Å². The summed E-state index contributed by atoms with van der Waals surface area (Å²) in [7, 11) is 0. The number of rotatable bonds is 10. The molecule has 2 unspecified atom stereocenters. The zero-order valence-electron chi connectivity index (χ0n) is 10.4. The number of ether oxygens (including phenoxy) is 2. The summed E-state index contributed by atoms with van der Waals surface area (Å²) in [6.45, 7) is 8.80. The topological polar surface area (TPSA) is 38.7 Å². The number of hydrogen-bond acceptors (Lipinski definition) is 3. The molecule has 0 rings (SSSR count). The van der Waals surface area contributed by atoms with Gasteiger partial charge in [-0.3, -0.25) is 0 Å². The van der Waals surface area contributed by atoms with Gasteiger partial charge in [0.1, 0.15) is 0 Å². The highest BCUT2D eigenvalue weighted by Crippen LogP contribution is 2.10. The van der Waals surface area contributed by atoms with E-state index in [0.29, 0.717) is 13.2 Å². The molecule has 15 heavy (non-hydrogen) atoms. The first-order valence-electron chi connectivity index (χ1n) is 6.09. The highest BCUT2D eigenvalue weighted by atomic mass is 16.5. The molecule has 0 saturated heterocycles. The van der Waals surface area contributed by atoms with Crippen LogP contribution in [0.1, 0.15) is 40.0 Å². The second-order valence-electron chi connectivity index (χ2n) is 3.89. The molecule has 0 heterocycles. The van der Waals surface area contributed by atoms with Crippen LogP contribution in [0.2, 0.25) is 0 Å². The van der Waals surface area contributed by atoms with Gasteiger partial charge >= 0.3 is 0 Å². The Morgan fingerprint density at radius 1 is 0.933 bits per heavy atom. The third-order valence-electron chi connectivity index (χ3n) is 2.39. The number of aliphatic hydroxyl groups is 1. The average Bonchev–Trinajstić information content (AvgIpc) is 2.24. The predicted octanol–water partition coefficient (Wildman–Crippen LogP) is 2.23. The van der Waals surface area contributed by atoms with Gasteiger partial charge in [0.25, 0.3) is 0 Å². The Morgan fingerprint density at radius 3 is 1.93 bits per heavy atom. The SMILES string of the molecule is CCCOCC(O)C(CC)COCCC. The van der Waals surface area contributed by atoms with Crippen molar-refractivity contribution < 1.29 is 14.6 Å². The van der Waals surface area contributed by atoms with Crippen LogP contribution in [-0.2, 0) is 9.47 Å². The summed E-state index contributed by atoms with van der Waals surface area (Å²) in [5.41, 5.74) is 0. The minimum absolute atomic E-state index is 0.202. The standard InChI is InChI=1S/C12H26O3/c1-4-7-14-9-11(6-3)12(13)10-15-8-5-2/h11-13H,4-10H2,1-3H3. The van der Waals surface area contributed by atoms with Crippen LogP contribution in [0.5, 0.6) is 0 Å². The summed E-state index contributed by atoms with van der Waals surface area (Å²) in [4.78, 5) is 0. The van der Waals surface area contributed by atoms with E-state index in [0.717, 1.165) is 32.5 Å². The maximum absolute atomic E-state index is 9.83. The van der Waals surface area contributed by atoms with Gasteiger partial charge in [0, 0.05) is 19.1 Å². The van der Waals surface area contributed by atoms with Gasteiger partial charge in [0.05, 0.1) is 19.3 Å². The Balaban J connectivity index is 3.62. The fourth-order valence-corrected chi connectivity index (χ4v) is 1.36. The first-order chi connectivity index (χ1) is 7.26. The largest absolute Gasteiger partial charge is 0.390 e. The molecule has 3 heteroatoms. The number of hydrogen-bond donors (Lipinski definition) is 1. The van der Waals surface area contributed by atoms with Crippen LogP contribution in [0.15, 0.2) is 0 Å². The van der Waals surface area contributed by atoms with Gasteiger partial charge in [0.15, 0.2) is 0 Å². The Morgan fingerprint density at radius 2 is 1.47 bits per heavy atom. The van der Waals surface area contributed by atoms with Crippen molar-refractivity contribution in [2.24, 2.45) is 5.92 Å². The molecular formula is C12H26O3. The van der Waals surface area contributed by atoms with E-state index in [9.17, 15) is 5.11 Å². The lowest BCUT2D eigenvalue weighted by Crippen LogP contribution is -2.29. The van der Waals surface area contributed by atoms with E-state index in [1.807, 2.05) is 0 Å². The van der Waals surface area contributed by atoms with Crippen molar-refractivity contribution in [3.63, 3.8) is 0 Å². The molecule has 0 aliphatic heterocycles. The molecule has 92 valence electrons. The van der Waals surface area contributed by atoms with Crippen molar-refractivity contribution in [3.05, 3.63) is 0 Å². The molecule has 1 N–H and O–H groups in total. The maximum atomic E-state index is 9.83. The van der Waals surface area contributed by atoms with Gasteiger partial charge in [0.2, 0.25) is 0 Å². The van der Waals surface area contributed by atoms with E-state index >= 15 is 0 Å². The third-order valence-corrected chi connectivity index (χ3v) is 2.39. The van der Waals surface area contributed by atoms with Crippen molar-refractivity contribution >= 4 is 0 Å². The van der Waals surface area contributed by atoms with Gasteiger partial charge in [-0.2, -0.15) is 0 Å². The highest BCUT2D eigenvalue weighted by molar-refractivity contribution is 4.66. The van der Waals surface area contributed by atoms with E-state index in [1.165, 1.54) is 0 Å². The quantitative estimate of drug-likeness (QED) is 0.571. The van der Waals surface area contributed by atoms with E-state index in [4.69, 9.17) is 9.47 Å². The monoisotopic (exact) mass is 218 g/mol. The van der Waals surface area contributed by atoms with Gasteiger partial charge < -0.3 is 14.6 Å². The lowest BCUT2D eigenvalue weighted by atomic mass is 10.0. The molecule has 0 fully saturated rings. The lowest BCUT2D eigenvalue weighted by Gasteiger charge is -2.21. The Labute approximate surface area is 93.8 Å². The Hall–Kier alpha value is -0.120. The van der Waals surface area contributed by atoms with Crippen molar-refractivity contribution in [2.75, 3.05) is 26.4 Å². The second-order valence-corrected chi connectivity index (χ2v) is 3.89. The minimum Gasteiger partial charge on any atom is -0.390 e. The zero-order valence-corrected chi connectivity index (χ0v) is 10.4. The predicted molar refractivity (Wildman–Crippen MR) is 62.0 cm³/mol. The van der Waals surface area contributed by atoms with Crippen LogP contribution in [0, 0.1) is 5.92 Å². The normalized spacial score (nSPS) is 15.2. The van der Waals surface area contributed by atoms with Gasteiger partial charge in [-0.25, -0.2) is 0 Å². The smallest absolute Gasteiger partial charge is 0.0823 e. The molecule has 0 bridgehead atoms. The van der Waals surface area contributed by atoms with E-state index in [-0.39, 0.29) is 5.92 Å². The molecule has 0 aromatic rings. The van der Waals surface area contributed by atoms with Crippen molar-refractivity contribution in [3.8, 4) is 0 Å². The summed E-state index contributed by atoms with van der Waals surface area (Å²) in [5.74, 6) is 0.202. The molecule has 0 aromatic heterocycles. The number of aliphatic hydroxyl groups excluding tert-OH is 1. The summed E-state index contributed by atoms with van der Waals surface area (Å²) >= 11 is 0. The second kappa shape index (κ2) is 10.4. The molecule has 0 aliphatic carbocycles. The third kappa shape index (κ3) is 7.77. The van der Waals surface area contributed by atoms with E-state index < -0.39 is 6.10 Å². The fraction of sp³-hybridized carbons (Fsp3) is 1.00. The van der Waals surface area contributed by atoms with Gasteiger partial charge in [-0.15, -0.1) is 0 Å². The van der Waals surface area contributed by atoms with Crippen molar-refractivity contribution in [1.82, 2.24) is 0 Å². The lowest BCUT2D eigenvalue weighted by molar-refractivity contribution is -0.0256. The molecule has 0 spiro atoms. The van der Waals surface area contributed by atoms with Crippen LogP contribution in [0.3, 0.4) is 0 Å². The van der Waals surface area contributed by atoms with Crippen LogP contribution in [-0.4, -0.2) is 37.6 Å². The molecule has 2 atom stereocenters. The average molecular weight is 218 g/mol. The summed E-state index contributed by atoms with van der Waals surface area (Å²) < 4.78 is 10.8. The molecule has 0 aromatic carbocycles. The molecule has 0 amide bonds. The molecule has 0 saturated carbocycles. The molecular weight excluding hydrogens is 192 g/mol. The van der Waals surface area contributed by atoms with E-state index in [2.05, 4.69) is 20.8 Å². The minimum atomic E-state index is -0.390. The van der Waals surface area contributed by atoms with Crippen LogP contribution < -0.4 is 0 Å². The first kappa shape index (κ1) is 14.9. The fourth-order valence-electron chi connectivity index (χ4n) is 1.36. The highest BCUT2D eigenvalue weighted by Gasteiger charge is 2.17. The molecule has 3 nitrogen and oxygen atoms in total. The van der Waals surface area contributed by atoms with Crippen molar-refractivity contribution in [1.29, 1.82) is 0 Å². The maximum Gasteiger partial charge on any atom is 0.0823 e. The summed E-state index contributed by atoms with van der Waals surface area (Å²) in [5, 5.41) is 9.83.